The number of nitrogens with one attached hydrogen (secondary N) is 1. The first-order valence-corrected chi connectivity index (χ1v) is 12.0. The third-order valence-electron chi connectivity index (χ3n) is 7.65. The number of rotatable bonds is 3. The maximum Gasteiger partial charge on any atom is 0.254 e. The number of halogens is 1. The summed E-state index contributed by atoms with van der Waals surface area (Å²) in [6, 6.07) is 3.77. The average Bonchev–Trinajstić information content (AvgIpc) is 3.50. The Balaban J connectivity index is 1.16. The number of fused-ring (bicyclic) bond motifs is 2. The molecule has 3 heterocycles. The summed E-state index contributed by atoms with van der Waals surface area (Å²) in [4.78, 5) is 21.3. The van der Waals surface area contributed by atoms with E-state index in [0.717, 1.165) is 56.5 Å². The maximum atomic E-state index is 13.0. The zero-order chi connectivity index (χ0) is 21.6. The van der Waals surface area contributed by atoms with Crippen molar-refractivity contribution in [1.82, 2.24) is 20.1 Å². The van der Waals surface area contributed by atoms with Gasteiger partial charge in [0.1, 0.15) is 5.15 Å². The summed E-state index contributed by atoms with van der Waals surface area (Å²) in [6.45, 7) is 3.51. The highest BCUT2D eigenvalue weighted by molar-refractivity contribution is 7.80. The number of ether oxygens (including phenoxy) is 1. The summed E-state index contributed by atoms with van der Waals surface area (Å²) in [5.41, 5.74) is 0.788. The van der Waals surface area contributed by atoms with Gasteiger partial charge in [-0.3, -0.25) is 4.79 Å². The van der Waals surface area contributed by atoms with Crippen LogP contribution in [0.3, 0.4) is 0 Å². The van der Waals surface area contributed by atoms with E-state index < -0.39 is 0 Å². The van der Waals surface area contributed by atoms with Crippen LogP contribution in [0.25, 0.3) is 0 Å². The molecule has 31 heavy (non-hydrogen) atoms. The number of amides is 1. The first-order chi connectivity index (χ1) is 14.9. The minimum absolute atomic E-state index is 0.00571. The van der Waals surface area contributed by atoms with E-state index in [1.165, 1.54) is 20.0 Å². The Labute approximate surface area is 194 Å². The van der Waals surface area contributed by atoms with Gasteiger partial charge in [0.2, 0.25) is 5.88 Å². The molecule has 0 radical (unpaired) electrons. The fourth-order valence-corrected chi connectivity index (χ4v) is 6.29. The zero-order valence-corrected chi connectivity index (χ0v) is 19.4. The standard InChI is InChI=1S/C23H29ClN4O2S/c1-30-20-13-17(12-19(24)26-20)21(29)27-7-4-23(5-8-27)6-9-28(14-23)22(31)25-18-11-15-2-3-16(18)10-15/h2-3,12-13,15-16,18H,4-11,14H2,1H3,(H,25,31)/t15-,16+,18?/m0/s1. The number of thiocarbonyl (C=S) groups is 1. The van der Waals surface area contributed by atoms with Crippen molar-refractivity contribution in [2.24, 2.45) is 17.3 Å². The third-order valence-corrected chi connectivity index (χ3v) is 8.22. The average molecular weight is 461 g/mol. The van der Waals surface area contributed by atoms with Crippen LogP contribution < -0.4 is 10.1 Å². The van der Waals surface area contributed by atoms with Gasteiger partial charge in [0.05, 0.1) is 7.11 Å². The summed E-state index contributed by atoms with van der Waals surface area (Å²) in [5, 5.41) is 4.84. The van der Waals surface area contributed by atoms with Gasteiger partial charge in [0.15, 0.2) is 5.11 Å². The van der Waals surface area contributed by atoms with Gasteiger partial charge in [-0.25, -0.2) is 4.98 Å². The zero-order valence-electron chi connectivity index (χ0n) is 17.8. The lowest BCUT2D eigenvalue weighted by atomic mass is 9.77. The number of pyridine rings is 1. The number of aromatic nitrogens is 1. The first kappa shape index (κ1) is 21.0. The van der Waals surface area contributed by atoms with Crippen molar-refractivity contribution in [2.45, 2.75) is 38.1 Å². The van der Waals surface area contributed by atoms with Crippen LogP contribution in [0.5, 0.6) is 5.88 Å². The molecule has 8 heteroatoms. The van der Waals surface area contributed by atoms with Crippen LogP contribution in [-0.2, 0) is 0 Å². The summed E-state index contributed by atoms with van der Waals surface area (Å²) in [6.07, 6.45) is 10.4. The molecule has 2 aliphatic carbocycles. The van der Waals surface area contributed by atoms with Crippen molar-refractivity contribution in [1.29, 1.82) is 0 Å². The second-order valence-electron chi connectivity index (χ2n) is 9.52. The number of carbonyl (C=O) groups is 1. The Morgan fingerprint density at radius 2 is 1.94 bits per heavy atom. The predicted molar refractivity (Wildman–Crippen MR) is 124 cm³/mol. The molecule has 1 N–H and O–H groups in total. The summed E-state index contributed by atoms with van der Waals surface area (Å²) >= 11 is 11.8. The van der Waals surface area contributed by atoms with Crippen LogP contribution in [0.15, 0.2) is 24.3 Å². The monoisotopic (exact) mass is 460 g/mol. The predicted octanol–water partition coefficient (Wildman–Crippen LogP) is 3.51. The Morgan fingerprint density at radius 1 is 1.19 bits per heavy atom. The molecule has 1 amide bonds. The molecule has 3 atom stereocenters. The number of piperidine rings is 1. The maximum absolute atomic E-state index is 13.0. The minimum atomic E-state index is -0.00571. The van der Waals surface area contributed by atoms with Crippen LogP contribution in [0.4, 0.5) is 0 Å². The molecule has 3 fully saturated rings. The Bertz CT molecular complexity index is 915. The molecule has 1 saturated carbocycles. The Kier molecular flexibility index (Phi) is 5.59. The first-order valence-electron chi connectivity index (χ1n) is 11.2. The van der Waals surface area contributed by atoms with Crippen molar-refractivity contribution in [2.75, 3.05) is 33.3 Å². The quantitative estimate of drug-likeness (QED) is 0.423. The SMILES string of the molecule is COc1cc(C(=O)N2CCC3(CC2)CCN(C(=S)NC2C[C@H]4C=C[C@@H]2C4)C3)cc(Cl)n1. The minimum Gasteiger partial charge on any atom is -0.481 e. The highest BCUT2D eigenvalue weighted by Gasteiger charge is 2.43. The molecule has 1 spiro atoms. The van der Waals surface area contributed by atoms with Gasteiger partial charge in [0, 0.05) is 43.9 Å². The second kappa shape index (κ2) is 8.24. The van der Waals surface area contributed by atoms with E-state index >= 15 is 0 Å². The van der Waals surface area contributed by atoms with Gasteiger partial charge in [0.25, 0.3) is 5.91 Å². The van der Waals surface area contributed by atoms with Crippen LogP contribution >= 0.6 is 23.8 Å². The summed E-state index contributed by atoms with van der Waals surface area (Å²) in [7, 11) is 1.52. The fourth-order valence-electron chi connectivity index (χ4n) is 5.78. The normalized spacial score (nSPS) is 28.4. The molecule has 1 aromatic rings. The highest BCUT2D eigenvalue weighted by Crippen LogP contribution is 2.42. The van der Waals surface area contributed by atoms with Crippen molar-refractivity contribution < 1.29 is 9.53 Å². The lowest BCUT2D eigenvalue weighted by molar-refractivity contribution is 0.0598. The van der Waals surface area contributed by atoms with Gasteiger partial charge in [-0.1, -0.05) is 23.8 Å². The number of nitrogens with zero attached hydrogens (tertiary/aromatic N) is 3. The van der Waals surface area contributed by atoms with Crippen LogP contribution in [-0.4, -0.2) is 65.1 Å². The number of methoxy groups -OCH3 is 1. The molecule has 2 saturated heterocycles. The van der Waals surface area contributed by atoms with E-state index in [1.807, 2.05) is 4.90 Å². The number of likely N-dealkylation sites (tertiary alicyclic amines) is 2. The smallest absolute Gasteiger partial charge is 0.254 e. The molecule has 166 valence electrons. The molecule has 1 unspecified atom stereocenters. The van der Waals surface area contributed by atoms with Crippen molar-refractivity contribution in [3.63, 3.8) is 0 Å². The lowest BCUT2D eigenvalue weighted by Crippen LogP contribution is -2.47. The highest BCUT2D eigenvalue weighted by atomic mass is 35.5. The van der Waals surface area contributed by atoms with E-state index in [9.17, 15) is 4.79 Å². The van der Waals surface area contributed by atoms with Gasteiger partial charge >= 0.3 is 0 Å². The number of hydrogen-bond donors (Lipinski definition) is 1. The molecular formula is C23H29ClN4O2S. The summed E-state index contributed by atoms with van der Waals surface area (Å²) in [5.74, 6) is 1.75. The van der Waals surface area contributed by atoms with E-state index in [-0.39, 0.29) is 16.5 Å². The van der Waals surface area contributed by atoms with Crippen LogP contribution in [0.2, 0.25) is 5.15 Å². The van der Waals surface area contributed by atoms with E-state index in [4.69, 9.17) is 28.6 Å². The van der Waals surface area contributed by atoms with Crippen LogP contribution in [0, 0.1) is 17.3 Å². The van der Waals surface area contributed by atoms with Gasteiger partial charge in [-0.05, 0) is 67.6 Å². The van der Waals surface area contributed by atoms with Crippen molar-refractivity contribution >= 4 is 34.8 Å². The molecule has 2 bridgehead atoms. The number of carbonyl (C=O) groups excluding carboxylic acids is 1. The summed E-state index contributed by atoms with van der Waals surface area (Å²) < 4.78 is 5.15. The molecule has 2 aliphatic heterocycles. The molecule has 5 rings (SSSR count). The Hall–Kier alpha value is -1.86. The molecule has 1 aromatic heterocycles. The molecule has 4 aliphatic rings. The van der Waals surface area contributed by atoms with Gasteiger partial charge in [-0.15, -0.1) is 0 Å². The van der Waals surface area contributed by atoms with Crippen molar-refractivity contribution in [3.8, 4) is 5.88 Å². The molecular weight excluding hydrogens is 432 g/mol. The lowest BCUT2D eigenvalue weighted by Gasteiger charge is -2.39. The van der Waals surface area contributed by atoms with E-state index in [0.29, 0.717) is 23.4 Å². The topological polar surface area (TPSA) is 57.7 Å². The van der Waals surface area contributed by atoms with Crippen LogP contribution in [0.1, 0.15) is 42.5 Å². The number of hydrogen-bond acceptors (Lipinski definition) is 4. The largest absolute Gasteiger partial charge is 0.481 e. The van der Waals surface area contributed by atoms with E-state index in [1.54, 1.807) is 12.1 Å². The fraction of sp³-hybridized carbons (Fsp3) is 0.609. The van der Waals surface area contributed by atoms with Gasteiger partial charge < -0.3 is 19.9 Å². The third kappa shape index (κ3) is 4.14. The van der Waals surface area contributed by atoms with Gasteiger partial charge in [-0.2, -0.15) is 0 Å². The molecule has 6 nitrogen and oxygen atoms in total. The van der Waals surface area contributed by atoms with Crippen molar-refractivity contribution in [3.05, 3.63) is 35.0 Å². The Morgan fingerprint density at radius 3 is 2.58 bits per heavy atom. The number of allylic oxidation sites excluding steroid dienone is 1. The molecule has 0 aromatic carbocycles. The van der Waals surface area contributed by atoms with E-state index in [2.05, 4.69) is 27.4 Å². The second-order valence-corrected chi connectivity index (χ2v) is 10.3.